The molecule has 25 heavy (non-hydrogen) atoms. The number of halogens is 1. The van der Waals surface area contributed by atoms with Crippen LogP contribution < -0.4 is 4.74 Å². The van der Waals surface area contributed by atoms with Gasteiger partial charge in [-0.05, 0) is 23.3 Å². The summed E-state index contributed by atoms with van der Waals surface area (Å²) in [5, 5.41) is 7.72. The molecular weight excluding hydrogens is 406 g/mol. The number of hydrogen-bond donors (Lipinski definition) is 0. The van der Waals surface area contributed by atoms with Crippen molar-refractivity contribution in [1.82, 2.24) is 14.4 Å². The van der Waals surface area contributed by atoms with E-state index in [1.807, 2.05) is 48.5 Å². The third-order valence-corrected chi connectivity index (χ3v) is 5.61. The maximum atomic E-state index is 11.6. The smallest absolute Gasteiger partial charge is 0.252 e. The molecule has 3 rings (SSSR count). The van der Waals surface area contributed by atoms with Gasteiger partial charge in [-0.2, -0.15) is 0 Å². The standard InChI is InChI=1S/C17H16BrN3O3S/c1-24-13-9-7-12(8-10-13)17(18)15-6-4-3-5-14(15)16-11-21(20-19-16)25(2,22)23/h3-11,17H,1-2H3. The highest BCUT2D eigenvalue weighted by Gasteiger charge is 2.18. The van der Waals surface area contributed by atoms with Crippen molar-refractivity contribution >= 4 is 26.0 Å². The molecule has 3 aromatic rings. The summed E-state index contributed by atoms with van der Waals surface area (Å²) in [6.07, 6.45) is 2.50. The monoisotopic (exact) mass is 421 g/mol. The molecule has 0 fully saturated rings. The van der Waals surface area contributed by atoms with Crippen LogP contribution in [0.5, 0.6) is 5.75 Å². The summed E-state index contributed by atoms with van der Waals surface area (Å²) in [4.78, 5) is -0.0852. The third-order valence-electron chi connectivity index (χ3n) is 3.73. The van der Waals surface area contributed by atoms with Gasteiger partial charge >= 0.3 is 0 Å². The van der Waals surface area contributed by atoms with Gasteiger partial charge in [-0.15, -0.1) is 9.19 Å². The van der Waals surface area contributed by atoms with Crippen LogP contribution in [0.1, 0.15) is 16.0 Å². The molecule has 0 aliphatic carbocycles. The fourth-order valence-corrected chi connectivity index (χ4v) is 3.60. The number of rotatable bonds is 5. The van der Waals surface area contributed by atoms with E-state index in [0.29, 0.717) is 5.69 Å². The van der Waals surface area contributed by atoms with E-state index >= 15 is 0 Å². The van der Waals surface area contributed by atoms with Crippen LogP contribution in [0.25, 0.3) is 11.3 Å². The van der Waals surface area contributed by atoms with Gasteiger partial charge in [0.2, 0.25) is 0 Å². The van der Waals surface area contributed by atoms with Gasteiger partial charge < -0.3 is 4.74 Å². The molecule has 1 heterocycles. The Labute approximate surface area is 154 Å². The van der Waals surface area contributed by atoms with Gasteiger partial charge in [0.1, 0.15) is 11.4 Å². The summed E-state index contributed by atoms with van der Waals surface area (Å²) in [7, 11) is -1.84. The number of aromatic nitrogens is 3. The van der Waals surface area contributed by atoms with Crippen molar-refractivity contribution < 1.29 is 13.2 Å². The zero-order valence-electron chi connectivity index (χ0n) is 13.6. The maximum Gasteiger partial charge on any atom is 0.252 e. The molecule has 0 saturated carbocycles. The van der Waals surface area contributed by atoms with E-state index in [-0.39, 0.29) is 4.83 Å². The molecule has 130 valence electrons. The fraction of sp³-hybridized carbons (Fsp3) is 0.176. The normalized spacial score (nSPS) is 12.8. The fourth-order valence-electron chi connectivity index (χ4n) is 2.44. The van der Waals surface area contributed by atoms with Crippen LogP contribution in [0.2, 0.25) is 0 Å². The first-order chi connectivity index (χ1) is 11.9. The maximum absolute atomic E-state index is 11.6. The van der Waals surface area contributed by atoms with Crippen LogP contribution in [-0.2, 0) is 10.0 Å². The lowest BCUT2D eigenvalue weighted by Crippen LogP contribution is -2.10. The second-order valence-corrected chi connectivity index (χ2v) is 8.22. The lowest BCUT2D eigenvalue weighted by Gasteiger charge is -2.14. The van der Waals surface area contributed by atoms with E-state index in [1.54, 1.807) is 7.11 Å². The highest BCUT2D eigenvalue weighted by Crippen LogP contribution is 2.37. The minimum Gasteiger partial charge on any atom is -0.497 e. The summed E-state index contributed by atoms with van der Waals surface area (Å²) in [5.41, 5.74) is 3.33. The topological polar surface area (TPSA) is 74.1 Å². The average Bonchev–Trinajstić information content (AvgIpc) is 3.11. The van der Waals surface area contributed by atoms with Crippen molar-refractivity contribution in [1.29, 1.82) is 0 Å². The van der Waals surface area contributed by atoms with Gasteiger partial charge in [0.15, 0.2) is 0 Å². The Balaban J connectivity index is 2.02. The number of ether oxygens (including phenoxy) is 1. The number of alkyl halides is 1. The molecule has 0 aliphatic rings. The predicted octanol–water partition coefficient (Wildman–Crippen LogP) is 3.25. The van der Waals surface area contributed by atoms with Crippen LogP contribution in [0.4, 0.5) is 0 Å². The van der Waals surface area contributed by atoms with Crippen LogP contribution in [0.15, 0.2) is 54.7 Å². The molecule has 0 N–H and O–H groups in total. The van der Waals surface area contributed by atoms with Gasteiger partial charge in [0.25, 0.3) is 10.0 Å². The Hall–Kier alpha value is -2.19. The van der Waals surface area contributed by atoms with Gasteiger partial charge in [-0.1, -0.05) is 57.5 Å². The second kappa shape index (κ2) is 6.97. The molecule has 1 unspecified atom stereocenters. The Bertz CT molecular complexity index is 984. The predicted molar refractivity (Wildman–Crippen MR) is 99.5 cm³/mol. The number of nitrogens with zero attached hydrogens (tertiary/aromatic N) is 3. The number of hydrogen-bond acceptors (Lipinski definition) is 5. The van der Waals surface area contributed by atoms with Crippen molar-refractivity contribution in [3.8, 4) is 17.0 Å². The molecular formula is C17H16BrN3O3S. The van der Waals surface area contributed by atoms with Crippen LogP contribution in [-0.4, -0.2) is 36.2 Å². The molecule has 0 radical (unpaired) electrons. The van der Waals surface area contributed by atoms with Gasteiger partial charge in [0, 0.05) is 5.56 Å². The Morgan fingerprint density at radius 3 is 2.40 bits per heavy atom. The van der Waals surface area contributed by atoms with Crippen molar-refractivity contribution in [2.75, 3.05) is 13.4 Å². The molecule has 0 spiro atoms. The van der Waals surface area contributed by atoms with E-state index in [1.165, 1.54) is 6.20 Å². The molecule has 6 nitrogen and oxygen atoms in total. The SMILES string of the molecule is COc1ccc(C(Br)c2ccccc2-c2cn(S(C)(=O)=O)nn2)cc1. The first-order valence-electron chi connectivity index (χ1n) is 7.40. The van der Waals surface area contributed by atoms with E-state index in [4.69, 9.17) is 4.74 Å². The number of methoxy groups -OCH3 is 1. The molecule has 0 bridgehead atoms. The zero-order valence-corrected chi connectivity index (χ0v) is 16.0. The molecule has 0 amide bonds. The van der Waals surface area contributed by atoms with Crippen LogP contribution in [0, 0.1) is 0 Å². The van der Waals surface area contributed by atoms with E-state index in [0.717, 1.165) is 32.8 Å². The summed E-state index contributed by atoms with van der Waals surface area (Å²) >= 11 is 3.72. The van der Waals surface area contributed by atoms with Crippen LogP contribution in [0.3, 0.4) is 0 Å². The molecule has 0 saturated heterocycles. The van der Waals surface area contributed by atoms with E-state index in [2.05, 4.69) is 26.2 Å². The Morgan fingerprint density at radius 1 is 1.12 bits per heavy atom. The lowest BCUT2D eigenvalue weighted by molar-refractivity contribution is 0.414. The van der Waals surface area contributed by atoms with Crippen molar-refractivity contribution in [3.63, 3.8) is 0 Å². The first kappa shape index (κ1) is 17.6. The van der Waals surface area contributed by atoms with Gasteiger partial charge in [-0.25, -0.2) is 8.42 Å². The highest BCUT2D eigenvalue weighted by atomic mass is 79.9. The summed E-state index contributed by atoms with van der Waals surface area (Å²) in [6, 6.07) is 15.4. The molecule has 1 atom stereocenters. The number of benzene rings is 2. The lowest BCUT2D eigenvalue weighted by atomic mass is 9.98. The summed E-state index contributed by atoms with van der Waals surface area (Å²) < 4.78 is 29.3. The minimum atomic E-state index is -3.47. The summed E-state index contributed by atoms with van der Waals surface area (Å²) in [5.74, 6) is 0.785. The highest BCUT2D eigenvalue weighted by molar-refractivity contribution is 9.09. The Kier molecular flexibility index (Phi) is 4.91. The molecule has 2 aromatic carbocycles. The molecule has 1 aromatic heterocycles. The Morgan fingerprint density at radius 2 is 1.80 bits per heavy atom. The van der Waals surface area contributed by atoms with E-state index < -0.39 is 10.0 Å². The third kappa shape index (κ3) is 3.74. The second-order valence-electron chi connectivity index (χ2n) is 5.46. The van der Waals surface area contributed by atoms with Crippen molar-refractivity contribution in [2.24, 2.45) is 0 Å². The first-order valence-corrected chi connectivity index (χ1v) is 10.2. The van der Waals surface area contributed by atoms with Crippen molar-refractivity contribution in [2.45, 2.75) is 4.83 Å². The quantitative estimate of drug-likeness (QED) is 0.591. The average molecular weight is 422 g/mol. The molecule has 8 heteroatoms. The van der Waals surface area contributed by atoms with Crippen molar-refractivity contribution in [3.05, 3.63) is 65.9 Å². The largest absolute Gasteiger partial charge is 0.497 e. The van der Waals surface area contributed by atoms with Gasteiger partial charge in [0.05, 0.1) is 24.4 Å². The summed E-state index contributed by atoms with van der Waals surface area (Å²) in [6.45, 7) is 0. The van der Waals surface area contributed by atoms with Crippen LogP contribution >= 0.6 is 15.9 Å². The zero-order chi connectivity index (χ0) is 18.0. The minimum absolute atomic E-state index is 0.0852. The molecule has 0 aliphatic heterocycles. The van der Waals surface area contributed by atoms with Gasteiger partial charge in [-0.3, -0.25) is 0 Å². The van der Waals surface area contributed by atoms with E-state index in [9.17, 15) is 8.42 Å².